The Bertz CT molecular complexity index is 1410. The van der Waals surface area contributed by atoms with E-state index in [2.05, 4.69) is 0 Å². The highest BCUT2D eigenvalue weighted by Crippen LogP contribution is 2.55. The van der Waals surface area contributed by atoms with E-state index >= 15 is 0 Å². The van der Waals surface area contributed by atoms with Crippen LogP contribution in [0.2, 0.25) is 0 Å². The smallest absolute Gasteiger partial charge is 0.430 e. The maximum Gasteiger partial charge on any atom is 0.430 e. The van der Waals surface area contributed by atoms with Crippen LogP contribution in [0.25, 0.3) is 0 Å². The van der Waals surface area contributed by atoms with E-state index in [1.165, 1.54) is 18.2 Å². The molecule has 0 radical (unpaired) electrons. The van der Waals surface area contributed by atoms with E-state index in [0.717, 1.165) is 19.2 Å². The average Bonchev–Trinajstić information content (AvgIpc) is 3.28. The lowest BCUT2D eigenvalue weighted by Gasteiger charge is -2.39. The predicted octanol–water partition coefficient (Wildman–Crippen LogP) is 6.75. The summed E-state index contributed by atoms with van der Waals surface area (Å²) in [7, 11) is 0.805. The number of rotatable bonds is 6. The van der Waals surface area contributed by atoms with Crippen LogP contribution in [0.5, 0.6) is 0 Å². The number of ether oxygens (including phenoxy) is 2. The van der Waals surface area contributed by atoms with Crippen molar-refractivity contribution < 1.29 is 32.2 Å². The number of alkyl halides is 3. The van der Waals surface area contributed by atoms with Gasteiger partial charge in [0.15, 0.2) is 5.60 Å². The molecule has 198 valence electrons. The van der Waals surface area contributed by atoms with Gasteiger partial charge in [-0.1, -0.05) is 121 Å². The first-order valence-electron chi connectivity index (χ1n) is 12.2. The molecular formula is C31H24F3NO4. The van der Waals surface area contributed by atoms with Crippen molar-refractivity contribution in [2.45, 2.75) is 23.4 Å². The normalized spacial score (nSPS) is 18.3. The molecule has 2 atom stereocenters. The number of benzene rings is 4. The lowest BCUT2D eigenvalue weighted by Crippen LogP contribution is -2.58. The molecule has 0 bridgehead atoms. The quantitative estimate of drug-likeness (QED) is 0.276. The molecule has 0 aliphatic carbocycles. The van der Waals surface area contributed by atoms with Crippen molar-refractivity contribution in [1.29, 1.82) is 0 Å². The molecule has 1 saturated heterocycles. The Kier molecular flexibility index (Phi) is 6.74. The topological polar surface area (TPSA) is 55.8 Å². The van der Waals surface area contributed by atoms with Gasteiger partial charge in [-0.15, -0.1) is 0 Å². The molecule has 2 unspecified atom stereocenters. The van der Waals surface area contributed by atoms with E-state index in [0.29, 0.717) is 21.6 Å². The molecule has 2 amide bonds. The highest BCUT2D eigenvalue weighted by Gasteiger charge is 2.69. The average molecular weight is 532 g/mol. The minimum atomic E-state index is -5.22. The summed E-state index contributed by atoms with van der Waals surface area (Å²) in [5.41, 5.74) is -4.19. The molecule has 0 saturated carbocycles. The number of amides is 2. The first-order chi connectivity index (χ1) is 18.8. The number of cyclic esters (lactones) is 1. The molecule has 1 heterocycles. The van der Waals surface area contributed by atoms with Gasteiger partial charge in [-0.3, -0.25) is 4.79 Å². The summed E-state index contributed by atoms with van der Waals surface area (Å²) in [5, 5.41) is 0. The van der Waals surface area contributed by atoms with Crippen LogP contribution < -0.4 is 0 Å². The molecular weight excluding hydrogens is 507 g/mol. The number of halogens is 3. The van der Waals surface area contributed by atoms with E-state index in [4.69, 9.17) is 9.47 Å². The fourth-order valence-corrected chi connectivity index (χ4v) is 5.29. The second kappa shape index (κ2) is 10.0. The Labute approximate surface area is 223 Å². The maximum absolute atomic E-state index is 14.9. The van der Waals surface area contributed by atoms with Gasteiger partial charge in [0.05, 0.1) is 0 Å². The van der Waals surface area contributed by atoms with E-state index < -0.39 is 41.0 Å². The Morgan fingerprint density at radius 3 is 1.64 bits per heavy atom. The van der Waals surface area contributed by atoms with Crippen LogP contribution in [0.15, 0.2) is 121 Å². The molecule has 0 N–H and O–H groups in total. The van der Waals surface area contributed by atoms with Crippen LogP contribution in [0, 0.1) is 0 Å². The Balaban J connectivity index is 1.81. The van der Waals surface area contributed by atoms with Crippen molar-refractivity contribution in [2.75, 3.05) is 7.11 Å². The van der Waals surface area contributed by atoms with Gasteiger partial charge in [0.2, 0.25) is 0 Å². The summed E-state index contributed by atoms with van der Waals surface area (Å²) >= 11 is 0. The van der Waals surface area contributed by atoms with Gasteiger partial charge in [-0.05, 0) is 5.56 Å². The summed E-state index contributed by atoms with van der Waals surface area (Å²) in [4.78, 5) is 28.6. The first kappa shape index (κ1) is 26.2. The van der Waals surface area contributed by atoms with Crippen molar-refractivity contribution in [3.8, 4) is 0 Å². The molecule has 39 heavy (non-hydrogen) atoms. The van der Waals surface area contributed by atoms with Crippen LogP contribution in [0.1, 0.15) is 28.3 Å². The van der Waals surface area contributed by atoms with Crippen LogP contribution >= 0.6 is 0 Å². The number of carbonyl (C=O) groups excluding carboxylic acids is 2. The minimum absolute atomic E-state index is 0.407. The minimum Gasteiger partial charge on any atom is -0.430 e. The highest BCUT2D eigenvalue weighted by molar-refractivity contribution is 6.00. The second-order valence-electron chi connectivity index (χ2n) is 9.07. The lowest BCUT2D eigenvalue weighted by atomic mass is 9.76. The summed E-state index contributed by atoms with van der Waals surface area (Å²) in [6, 6.07) is 31.0. The molecule has 5 nitrogen and oxygen atoms in total. The molecule has 1 fully saturated rings. The summed E-state index contributed by atoms with van der Waals surface area (Å²) < 4.78 is 55.9. The molecule has 5 rings (SSSR count). The second-order valence-corrected chi connectivity index (χ2v) is 9.07. The number of hydrogen-bond acceptors (Lipinski definition) is 4. The molecule has 1 aliphatic heterocycles. The number of hydrogen-bond donors (Lipinski definition) is 0. The molecule has 0 spiro atoms. The van der Waals surface area contributed by atoms with Gasteiger partial charge in [-0.2, -0.15) is 13.2 Å². The van der Waals surface area contributed by atoms with E-state index in [9.17, 15) is 22.8 Å². The molecule has 4 aromatic carbocycles. The number of imide groups is 1. The Morgan fingerprint density at radius 2 is 1.21 bits per heavy atom. The molecule has 8 heteroatoms. The zero-order valence-corrected chi connectivity index (χ0v) is 20.8. The monoisotopic (exact) mass is 531 g/mol. The molecule has 4 aromatic rings. The number of methoxy groups -OCH3 is 1. The van der Waals surface area contributed by atoms with Crippen LogP contribution in [-0.4, -0.2) is 30.2 Å². The van der Waals surface area contributed by atoms with Crippen molar-refractivity contribution in [1.82, 2.24) is 4.90 Å². The van der Waals surface area contributed by atoms with Gasteiger partial charge >= 0.3 is 12.3 Å². The summed E-state index contributed by atoms with van der Waals surface area (Å²) in [5.74, 6) is -1.60. The fourth-order valence-electron chi connectivity index (χ4n) is 5.29. The van der Waals surface area contributed by atoms with Crippen LogP contribution in [0.4, 0.5) is 18.0 Å². The Morgan fingerprint density at radius 1 is 0.769 bits per heavy atom. The summed E-state index contributed by atoms with van der Waals surface area (Å²) in [6.45, 7) is 0. The van der Waals surface area contributed by atoms with E-state index in [1.54, 1.807) is 91.0 Å². The van der Waals surface area contributed by atoms with Gasteiger partial charge in [-0.25, -0.2) is 9.69 Å². The van der Waals surface area contributed by atoms with E-state index in [1.807, 2.05) is 0 Å². The Hall–Kier alpha value is -4.43. The predicted molar refractivity (Wildman–Crippen MR) is 137 cm³/mol. The van der Waals surface area contributed by atoms with Crippen LogP contribution in [-0.2, 0) is 25.5 Å². The van der Waals surface area contributed by atoms with Crippen LogP contribution in [0.3, 0.4) is 0 Å². The number of carbonyl (C=O) groups is 2. The number of nitrogens with zero attached hydrogens (tertiary/aromatic N) is 1. The molecule has 1 aliphatic rings. The third kappa shape index (κ3) is 4.08. The summed E-state index contributed by atoms with van der Waals surface area (Å²) in [6.07, 6.45) is -6.44. The lowest BCUT2D eigenvalue weighted by molar-refractivity contribution is -0.269. The molecule has 0 aromatic heterocycles. The van der Waals surface area contributed by atoms with E-state index in [-0.39, 0.29) is 0 Å². The van der Waals surface area contributed by atoms with Gasteiger partial charge in [0.1, 0.15) is 6.04 Å². The largest absolute Gasteiger partial charge is 0.430 e. The highest BCUT2D eigenvalue weighted by atomic mass is 19.4. The van der Waals surface area contributed by atoms with Crippen molar-refractivity contribution >= 4 is 12.0 Å². The maximum atomic E-state index is 14.9. The van der Waals surface area contributed by atoms with Gasteiger partial charge in [0.25, 0.3) is 11.5 Å². The third-order valence-electron chi connectivity index (χ3n) is 7.01. The standard InChI is InChI=1S/C31H24F3NO4/c1-38-30(31(32,33)34,25-20-12-5-13-21-25)27(36)35-26(22-14-6-2-7-15-22)29(39-28(35)37,23-16-8-3-9-17-23)24-18-10-4-11-19-24/h2-21,26H,1H3. The van der Waals surface area contributed by atoms with Crippen molar-refractivity contribution in [3.05, 3.63) is 144 Å². The first-order valence-corrected chi connectivity index (χ1v) is 12.2. The van der Waals surface area contributed by atoms with Gasteiger partial charge < -0.3 is 9.47 Å². The van der Waals surface area contributed by atoms with Gasteiger partial charge in [0, 0.05) is 23.8 Å². The third-order valence-corrected chi connectivity index (χ3v) is 7.01. The zero-order chi connectivity index (χ0) is 27.7. The van der Waals surface area contributed by atoms with Crippen molar-refractivity contribution in [3.63, 3.8) is 0 Å². The fraction of sp³-hybridized carbons (Fsp3) is 0.161. The SMILES string of the molecule is COC(C(=O)N1C(=O)OC(c2ccccc2)(c2ccccc2)C1c1ccccc1)(c1ccccc1)C(F)(F)F. The zero-order valence-electron chi connectivity index (χ0n) is 20.8. The van der Waals surface area contributed by atoms with Crippen molar-refractivity contribution in [2.24, 2.45) is 0 Å².